The highest BCUT2D eigenvalue weighted by molar-refractivity contribution is 5.86. The molecule has 0 aliphatic heterocycles. The Kier molecular flexibility index (Phi) is 29.9. The van der Waals surface area contributed by atoms with E-state index in [4.69, 9.17) is 14.6 Å². The molecule has 1 aliphatic carbocycles. The molecule has 0 spiro atoms. The second-order valence-corrected chi connectivity index (χ2v) is 15.3. The van der Waals surface area contributed by atoms with Crippen molar-refractivity contribution in [2.24, 2.45) is 17.8 Å². The average molecular weight is 752 g/mol. The van der Waals surface area contributed by atoms with Gasteiger partial charge in [0, 0.05) is 44.6 Å². The fourth-order valence-corrected chi connectivity index (χ4v) is 7.15. The molecular weight excluding hydrogens is 678 g/mol. The quantitative estimate of drug-likeness (QED) is 0.0523. The van der Waals surface area contributed by atoms with E-state index in [0.717, 1.165) is 64.2 Å². The Morgan fingerprint density at radius 3 is 1.64 bits per heavy atom. The Hall–Kier alpha value is -2.66. The number of rotatable bonds is 37. The summed E-state index contributed by atoms with van der Waals surface area (Å²) in [5.41, 5.74) is 0. The molecule has 0 aromatic carbocycles. The highest BCUT2D eigenvalue weighted by Gasteiger charge is 2.30. The zero-order chi connectivity index (χ0) is 38.9. The number of nitrogens with one attached hydrogen (secondary N) is 1. The number of carbonyl (C=O) groups excluding carboxylic acids is 4. The molecule has 1 rings (SSSR count). The van der Waals surface area contributed by atoms with Crippen molar-refractivity contribution in [2.45, 2.75) is 180 Å². The van der Waals surface area contributed by atoms with Gasteiger partial charge in [0.15, 0.2) is 5.78 Å². The molecule has 0 saturated heterocycles. The minimum atomic E-state index is -1.05. The van der Waals surface area contributed by atoms with E-state index >= 15 is 0 Å². The van der Waals surface area contributed by atoms with Crippen LogP contribution in [0.3, 0.4) is 0 Å². The van der Waals surface area contributed by atoms with Crippen LogP contribution < -0.4 is 5.32 Å². The number of unbranched alkanes of at least 4 members (excludes halogenated alkanes) is 15. The molecule has 1 aliphatic rings. The van der Waals surface area contributed by atoms with Crippen LogP contribution in [-0.4, -0.2) is 78.4 Å². The van der Waals surface area contributed by atoms with E-state index in [9.17, 15) is 33.9 Å². The second kappa shape index (κ2) is 32.7. The number of amides is 1. The predicted molar refractivity (Wildman–Crippen MR) is 206 cm³/mol. The second-order valence-electron chi connectivity index (χ2n) is 15.3. The average Bonchev–Trinajstić information content (AvgIpc) is 3.12. The van der Waals surface area contributed by atoms with Gasteiger partial charge in [-0.2, -0.15) is 0 Å². The molecule has 306 valence electrons. The normalized spacial score (nSPS) is 16.2. The molecule has 0 radical (unpaired) electrons. The van der Waals surface area contributed by atoms with Crippen LogP contribution in [0.25, 0.3) is 0 Å². The third-order valence-electron chi connectivity index (χ3n) is 10.5. The maximum atomic E-state index is 13.0. The van der Waals surface area contributed by atoms with Crippen molar-refractivity contribution in [3.05, 3.63) is 0 Å². The van der Waals surface area contributed by atoms with E-state index in [-0.39, 0.29) is 69.0 Å². The van der Waals surface area contributed by atoms with Gasteiger partial charge in [-0.3, -0.25) is 28.8 Å². The largest absolute Gasteiger partial charge is 0.481 e. The van der Waals surface area contributed by atoms with Crippen LogP contribution in [0.15, 0.2) is 0 Å². The maximum absolute atomic E-state index is 13.0. The molecule has 0 heterocycles. The van der Waals surface area contributed by atoms with Gasteiger partial charge >= 0.3 is 11.9 Å². The van der Waals surface area contributed by atoms with Crippen molar-refractivity contribution in [1.82, 2.24) is 5.32 Å². The van der Waals surface area contributed by atoms with Gasteiger partial charge in [0.25, 0.3) is 0 Å². The van der Waals surface area contributed by atoms with Crippen molar-refractivity contribution >= 4 is 35.2 Å². The summed E-state index contributed by atoms with van der Waals surface area (Å²) >= 11 is 0. The topological polar surface area (TPSA) is 173 Å². The highest BCUT2D eigenvalue weighted by atomic mass is 16.5. The number of hydrogen-bond donors (Lipinski definition) is 3. The van der Waals surface area contributed by atoms with E-state index in [1.807, 2.05) is 0 Å². The van der Waals surface area contributed by atoms with Crippen molar-refractivity contribution in [1.29, 1.82) is 0 Å². The number of ketones is 3. The van der Waals surface area contributed by atoms with E-state index in [2.05, 4.69) is 5.32 Å². The Bertz CT molecular complexity index is 1020. The summed E-state index contributed by atoms with van der Waals surface area (Å²) < 4.78 is 10.4. The first-order valence-electron chi connectivity index (χ1n) is 21.0. The van der Waals surface area contributed by atoms with Gasteiger partial charge in [-0.05, 0) is 64.2 Å². The Morgan fingerprint density at radius 2 is 1.13 bits per heavy atom. The number of hydrogen-bond acceptors (Lipinski definition) is 8. The minimum Gasteiger partial charge on any atom is -0.481 e. The smallest absolute Gasteiger partial charge is 0.306 e. The summed E-state index contributed by atoms with van der Waals surface area (Å²) in [5, 5.41) is 21.0. The molecule has 11 heteroatoms. The minimum absolute atomic E-state index is 0.0245. The molecule has 3 N–H and O–H groups in total. The molecule has 0 aromatic rings. The van der Waals surface area contributed by atoms with Gasteiger partial charge < -0.3 is 25.0 Å². The van der Waals surface area contributed by atoms with Crippen LogP contribution in [0.1, 0.15) is 180 Å². The molecule has 53 heavy (non-hydrogen) atoms. The summed E-state index contributed by atoms with van der Waals surface area (Å²) in [6.45, 7) is 2.64. The maximum Gasteiger partial charge on any atom is 0.306 e. The van der Waals surface area contributed by atoms with Crippen LogP contribution in [0, 0.1) is 17.8 Å². The number of carbonyl (C=O) groups is 6. The summed E-state index contributed by atoms with van der Waals surface area (Å²) in [6, 6.07) is 0. The molecule has 11 nitrogen and oxygen atoms in total. The predicted octanol–water partition coefficient (Wildman–Crippen LogP) is 8.43. The third kappa shape index (κ3) is 29.4. The van der Waals surface area contributed by atoms with Gasteiger partial charge in [-0.25, -0.2) is 0 Å². The van der Waals surface area contributed by atoms with Gasteiger partial charge in [0.05, 0.1) is 25.7 Å². The molecule has 1 atom stereocenters. The van der Waals surface area contributed by atoms with E-state index in [1.165, 1.54) is 77.6 Å². The molecule has 1 fully saturated rings. The van der Waals surface area contributed by atoms with Crippen LogP contribution in [0.4, 0.5) is 0 Å². The summed E-state index contributed by atoms with van der Waals surface area (Å²) in [6.07, 6.45) is 25.0. The van der Waals surface area contributed by atoms with Gasteiger partial charge in [-0.1, -0.05) is 89.9 Å². The Balaban J connectivity index is 2.01. The van der Waals surface area contributed by atoms with Crippen LogP contribution in [0.5, 0.6) is 0 Å². The van der Waals surface area contributed by atoms with Crippen LogP contribution in [-0.2, 0) is 38.2 Å². The fraction of sp³-hybridized carbons (Fsp3) is 0.857. The molecule has 0 aromatic heterocycles. The van der Waals surface area contributed by atoms with Crippen LogP contribution >= 0.6 is 0 Å². The lowest BCUT2D eigenvalue weighted by Gasteiger charge is -2.28. The number of aliphatic carboxylic acids is 2. The third-order valence-corrected chi connectivity index (χ3v) is 10.5. The SMILES string of the molecule is CC(=O)COCCOCCNC(=O)CC[C@H](CC(=O)C1CCC(CCC(=O)CCCCCCCCCCCCCCCCCCC(=O)O)CC1)C(=O)O. The number of ether oxygens (including phenoxy) is 2. The lowest BCUT2D eigenvalue weighted by Crippen LogP contribution is -2.30. The highest BCUT2D eigenvalue weighted by Crippen LogP contribution is 2.34. The number of carboxylic acid groups (broad SMARTS) is 2. The van der Waals surface area contributed by atoms with Gasteiger partial charge in [0.2, 0.25) is 5.91 Å². The number of carboxylic acids is 2. The molecule has 0 bridgehead atoms. The van der Waals surface area contributed by atoms with Crippen molar-refractivity contribution < 1.29 is 48.5 Å². The summed E-state index contributed by atoms with van der Waals surface area (Å²) in [4.78, 5) is 70.8. The first-order chi connectivity index (χ1) is 25.6. The number of Topliss-reactive ketones (excluding diaryl/α,β-unsaturated/α-hetero) is 3. The van der Waals surface area contributed by atoms with Gasteiger partial charge in [-0.15, -0.1) is 0 Å². The Labute approximate surface area is 319 Å². The first-order valence-corrected chi connectivity index (χ1v) is 21.0. The zero-order valence-corrected chi connectivity index (χ0v) is 33.0. The zero-order valence-electron chi connectivity index (χ0n) is 33.0. The first kappa shape index (κ1) is 48.4. The summed E-state index contributed by atoms with van der Waals surface area (Å²) in [5.74, 6) is -2.34. The summed E-state index contributed by atoms with van der Waals surface area (Å²) in [7, 11) is 0. The van der Waals surface area contributed by atoms with E-state index < -0.39 is 17.9 Å². The van der Waals surface area contributed by atoms with Crippen molar-refractivity contribution in [3.63, 3.8) is 0 Å². The van der Waals surface area contributed by atoms with Crippen LogP contribution in [0.2, 0.25) is 0 Å². The van der Waals surface area contributed by atoms with Crippen molar-refractivity contribution in [3.8, 4) is 0 Å². The Morgan fingerprint density at radius 1 is 0.623 bits per heavy atom. The lowest BCUT2D eigenvalue weighted by molar-refractivity contribution is -0.145. The standard InChI is InChI=1S/C42H73NO10/c1-34(44)33-53-31-30-52-29-28-43-40(47)27-25-37(42(50)51)32-39(46)36-23-20-35(21-24-36)22-26-38(45)18-16-14-12-10-8-6-4-2-3-5-7-9-11-13-15-17-19-41(48)49/h35-37H,2-33H2,1H3,(H,43,47)(H,48,49)(H,50,51)/t35?,36?,37-/m1/s1. The molecule has 1 amide bonds. The van der Waals surface area contributed by atoms with Crippen molar-refractivity contribution in [2.75, 3.05) is 33.0 Å². The van der Waals surface area contributed by atoms with E-state index in [0.29, 0.717) is 37.6 Å². The monoisotopic (exact) mass is 752 g/mol. The lowest BCUT2D eigenvalue weighted by atomic mass is 9.76. The molecule has 0 unspecified atom stereocenters. The molecule has 1 saturated carbocycles. The van der Waals surface area contributed by atoms with Gasteiger partial charge in [0.1, 0.15) is 18.2 Å². The van der Waals surface area contributed by atoms with E-state index in [1.54, 1.807) is 0 Å². The molecular formula is C42H73NO10. The fourth-order valence-electron chi connectivity index (χ4n) is 7.15.